The Bertz CT molecular complexity index is 359. The number of likely N-dealkylation sites (tertiary alicyclic amines) is 1. The van der Waals surface area contributed by atoms with Gasteiger partial charge in [0.1, 0.15) is 12.0 Å². The Morgan fingerprint density at radius 1 is 1.56 bits per heavy atom. The van der Waals surface area contributed by atoms with Crippen molar-refractivity contribution < 1.29 is 14.3 Å². The molecular weight excluding hydrogens is 230 g/mol. The van der Waals surface area contributed by atoms with Crippen molar-refractivity contribution in [3.63, 3.8) is 0 Å². The molecule has 0 spiro atoms. The van der Waals surface area contributed by atoms with Gasteiger partial charge in [-0.05, 0) is 24.7 Å². The van der Waals surface area contributed by atoms with Crippen molar-refractivity contribution in [1.82, 2.24) is 4.90 Å². The van der Waals surface area contributed by atoms with Crippen molar-refractivity contribution in [2.75, 3.05) is 12.9 Å². The second-order valence-electron chi connectivity index (χ2n) is 5.03. The van der Waals surface area contributed by atoms with Gasteiger partial charge in [-0.15, -0.1) is 11.6 Å². The zero-order chi connectivity index (χ0) is 11.4. The molecule has 3 aliphatic rings. The first kappa shape index (κ1) is 10.4. The van der Waals surface area contributed by atoms with E-state index in [0.29, 0.717) is 11.8 Å². The summed E-state index contributed by atoms with van der Waals surface area (Å²) in [5.74, 6) is 0.690. The molecule has 1 saturated heterocycles. The van der Waals surface area contributed by atoms with Gasteiger partial charge < -0.3 is 9.64 Å². The number of halogens is 1. The number of ether oxygens (including phenoxy) is 1. The minimum atomic E-state index is -0.372. The van der Waals surface area contributed by atoms with E-state index in [4.69, 9.17) is 16.3 Å². The van der Waals surface area contributed by atoms with Gasteiger partial charge in [-0.3, -0.25) is 9.59 Å². The molecule has 88 valence electrons. The molecule has 2 aliphatic carbocycles. The zero-order valence-electron chi connectivity index (χ0n) is 9.06. The molecule has 0 N–H and O–H groups in total. The Labute approximate surface area is 98.9 Å². The van der Waals surface area contributed by atoms with Gasteiger partial charge in [-0.2, -0.15) is 0 Å². The maximum atomic E-state index is 11.9. The fourth-order valence-electron chi connectivity index (χ4n) is 3.83. The Morgan fingerprint density at radius 3 is 3.00 bits per heavy atom. The van der Waals surface area contributed by atoms with E-state index in [0.717, 1.165) is 12.8 Å². The van der Waals surface area contributed by atoms with Crippen LogP contribution in [0.25, 0.3) is 0 Å². The monoisotopic (exact) mass is 243 g/mol. The summed E-state index contributed by atoms with van der Waals surface area (Å²) >= 11 is 5.44. The fraction of sp³-hybridized carbons (Fsp3) is 0.818. The maximum Gasteiger partial charge on any atom is 0.321 e. The second kappa shape index (κ2) is 3.36. The predicted molar refractivity (Wildman–Crippen MR) is 56.9 cm³/mol. The summed E-state index contributed by atoms with van der Waals surface area (Å²) in [4.78, 5) is 24.9. The van der Waals surface area contributed by atoms with Crippen molar-refractivity contribution in [1.29, 1.82) is 0 Å². The number of esters is 1. The van der Waals surface area contributed by atoms with E-state index in [2.05, 4.69) is 0 Å². The number of carbonyl (C=O) groups excluding carboxylic acids is 2. The Balaban J connectivity index is 1.83. The highest BCUT2D eigenvalue weighted by Gasteiger charge is 2.63. The summed E-state index contributed by atoms with van der Waals surface area (Å²) in [5, 5.41) is 0. The molecule has 4 nitrogen and oxygen atoms in total. The lowest BCUT2D eigenvalue weighted by Crippen LogP contribution is -2.42. The molecule has 3 rings (SSSR count). The van der Waals surface area contributed by atoms with Gasteiger partial charge in [0.25, 0.3) is 0 Å². The molecule has 2 bridgehead atoms. The van der Waals surface area contributed by atoms with Crippen molar-refractivity contribution in [3.8, 4) is 0 Å². The molecule has 1 amide bonds. The lowest BCUT2D eigenvalue weighted by molar-refractivity contribution is -0.151. The second-order valence-corrected chi connectivity index (χ2v) is 5.30. The van der Waals surface area contributed by atoms with Gasteiger partial charge >= 0.3 is 5.97 Å². The standard InChI is InChI=1S/C11H14ClNO3/c1-13-9-6-2-5(3-7(6)11(13)15)10(9)16-8(14)4-12/h5-7,9-10H,2-4H2,1H3. The Morgan fingerprint density at radius 2 is 2.31 bits per heavy atom. The molecule has 16 heavy (non-hydrogen) atoms. The molecular formula is C11H14ClNO3. The van der Waals surface area contributed by atoms with Crippen molar-refractivity contribution in [2.24, 2.45) is 17.8 Å². The third-order valence-electron chi connectivity index (χ3n) is 4.38. The first-order chi connectivity index (χ1) is 7.63. The third-order valence-corrected chi connectivity index (χ3v) is 4.60. The van der Waals surface area contributed by atoms with Gasteiger partial charge in [-0.1, -0.05) is 0 Å². The Hall–Kier alpha value is -0.770. The van der Waals surface area contributed by atoms with Crippen LogP contribution < -0.4 is 0 Å². The molecule has 1 heterocycles. The quantitative estimate of drug-likeness (QED) is 0.528. The smallest absolute Gasteiger partial charge is 0.321 e. The third kappa shape index (κ3) is 1.16. The van der Waals surface area contributed by atoms with E-state index in [1.807, 2.05) is 7.05 Å². The van der Waals surface area contributed by atoms with Crippen LogP contribution in [-0.2, 0) is 14.3 Å². The lowest BCUT2D eigenvalue weighted by atomic mass is 9.88. The number of alkyl halides is 1. The fourth-order valence-corrected chi connectivity index (χ4v) is 3.89. The minimum absolute atomic E-state index is 0.100. The van der Waals surface area contributed by atoms with Crippen LogP contribution in [0.5, 0.6) is 0 Å². The van der Waals surface area contributed by atoms with Crippen molar-refractivity contribution in [2.45, 2.75) is 25.0 Å². The van der Waals surface area contributed by atoms with Gasteiger partial charge in [0, 0.05) is 13.0 Å². The van der Waals surface area contributed by atoms with E-state index < -0.39 is 0 Å². The first-order valence-electron chi connectivity index (χ1n) is 5.65. The largest absolute Gasteiger partial charge is 0.459 e. The molecule has 5 unspecified atom stereocenters. The number of fused-ring (bicyclic) bond motifs is 1. The predicted octanol–water partition coefficient (Wildman–Crippen LogP) is 0.634. The van der Waals surface area contributed by atoms with Crippen molar-refractivity contribution in [3.05, 3.63) is 0 Å². The van der Waals surface area contributed by atoms with E-state index in [1.54, 1.807) is 4.90 Å². The molecule has 0 aromatic heterocycles. The molecule has 3 fully saturated rings. The summed E-state index contributed by atoms with van der Waals surface area (Å²) < 4.78 is 5.38. The zero-order valence-corrected chi connectivity index (χ0v) is 9.81. The van der Waals surface area contributed by atoms with Crippen LogP contribution in [0, 0.1) is 17.8 Å². The highest BCUT2D eigenvalue weighted by Crippen LogP contribution is 2.55. The number of hydrogen-bond acceptors (Lipinski definition) is 3. The molecule has 5 atom stereocenters. The van der Waals surface area contributed by atoms with Crippen LogP contribution in [-0.4, -0.2) is 41.8 Å². The first-order valence-corrected chi connectivity index (χ1v) is 6.19. The number of carbonyl (C=O) groups is 2. The van der Waals surface area contributed by atoms with Crippen LogP contribution in [0.1, 0.15) is 12.8 Å². The van der Waals surface area contributed by atoms with E-state index in [9.17, 15) is 9.59 Å². The highest BCUT2D eigenvalue weighted by atomic mass is 35.5. The van der Waals surface area contributed by atoms with E-state index in [-0.39, 0.29) is 35.8 Å². The topological polar surface area (TPSA) is 46.6 Å². The molecule has 2 saturated carbocycles. The molecule has 0 aromatic carbocycles. The summed E-state index contributed by atoms with van der Waals surface area (Å²) in [7, 11) is 1.81. The van der Waals surface area contributed by atoms with Crippen LogP contribution in [0.3, 0.4) is 0 Å². The molecule has 0 radical (unpaired) electrons. The van der Waals surface area contributed by atoms with Crippen LogP contribution in [0.2, 0.25) is 0 Å². The Kier molecular flexibility index (Phi) is 2.18. The van der Waals surface area contributed by atoms with Crippen molar-refractivity contribution >= 4 is 23.5 Å². The number of hydrogen-bond donors (Lipinski definition) is 0. The average Bonchev–Trinajstić information content (AvgIpc) is 2.87. The molecule has 0 aromatic rings. The number of nitrogens with zero attached hydrogens (tertiary/aromatic N) is 1. The maximum absolute atomic E-state index is 11.9. The van der Waals surface area contributed by atoms with Crippen LogP contribution in [0.4, 0.5) is 0 Å². The van der Waals surface area contributed by atoms with Gasteiger partial charge in [0.05, 0.1) is 6.04 Å². The molecule has 1 aliphatic heterocycles. The number of rotatable bonds is 2. The average molecular weight is 244 g/mol. The van der Waals surface area contributed by atoms with E-state index >= 15 is 0 Å². The van der Waals surface area contributed by atoms with Gasteiger partial charge in [0.15, 0.2) is 0 Å². The SMILES string of the molecule is CN1C(=O)C2CC3CC2C1C3OC(=O)CCl. The summed E-state index contributed by atoms with van der Waals surface area (Å²) in [5.41, 5.74) is 0. The molecule has 5 heteroatoms. The van der Waals surface area contributed by atoms with Crippen LogP contribution in [0.15, 0.2) is 0 Å². The van der Waals surface area contributed by atoms with E-state index in [1.165, 1.54) is 0 Å². The lowest BCUT2D eigenvalue weighted by Gasteiger charge is -2.29. The van der Waals surface area contributed by atoms with Gasteiger partial charge in [0.2, 0.25) is 5.91 Å². The summed E-state index contributed by atoms with van der Waals surface area (Å²) in [6.07, 6.45) is 1.78. The van der Waals surface area contributed by atoms with Gasteiger partial charge in [-0.25, -0.2) is 0 Å². The highest BCUT2D eigenvalue weighted by molar-refractivity contribution is 6.26. The van der Waals surface area contributed by atoms with Crippen LogP contribution >= 0.6 is 11.6 Å². The summed E-state index contributed by atoms with van der Waals surface area (Å²) in [6.45, 7) is 0. The normalized spacial score (nSPS) is 44.2. The minimum Gasteiger partial charge on any atom is -0.459 e. The number of amides is 1. The summed E-state index contributed by atoms with van der Waals surface area (Å²) in [6, 6.07) is 0.100. The number of likely N-dealkylation sites (N-methyl/N-ethyl adjacent to an activating group) is 1.